The number of H-pyrrole nitrogens is 1. The third kappa shape index (κ3) is 7.12. The molecule has 2 aromatic rings. The zero-order valence-corrected chi connectivity index (χ0v) is 20.6. The van der Waals surface area contributed by atoms with Crippen LogP contribution in [0.25, 0.3) is 11.2 Å². The van der Waals surface area contributed by atoms with Crippen molar-refractivity contribution in [3.63, 3.8) is 0 Å². The van der Waals surface area contributed by atoms with Crippen LogP contribution in [0.4, 0.5) is 5.95 Å². The maximum atomic E-state index is 12.0. The Bertz CT molecular complexity index is 1390. The van der Waals surface area contributed by atoms with Crippen LogP contribution >= 0.6 is 31.3 Å². The SMILES string of the molecule is Nc1nc2c(ncn2[C@@H]2O[C@H](COP(=O)(O)OP(=O)(O)OP(=O)(O)OP(=O)(O)O)[C@@H](O)[C@H]2O)c(=O)[nH]1. The number of hydrogen-bond donors (Lipinski definition) is 9. The first-order chi connectivity index (χ1) is 16.3. The maximum Gasteiger partial charge on any atom is 0.490 e. The Hall–Kier alpha value is -1.41. The van der Waals surface area contributed by atoms with Crippen molar-refractivity contribution in [1.82, 2.24) is 19.5 Å². The van der Waals surface area contributed by atoms with Gasteiger partial charge in [0.2, 0.25) is 5.95 Å². The van der Waals surface area contributed by atoms with E-state index in [1.807, 2.05) is 0 Å². The van der Waals surface area contributed by atoms with E-state index in [2.05, 4.69) is 32.4 Å². The zero-order chi connectivity index (χ0) is 27.3. The first kappa shape index (κ1) is 29.2. The molecule has 1 fully saturated rings. The first-order valence-electron chi connectivity index (χ1n) is 8.85. The molecule has 1 saturated heterocycles. The van der Waals surface area contributed by atoms with Crippen molar-refractivity contribution in [2.45, 2.75) is 24.5 Å². The van der Waals surface area contributed by atoms with Crippen molar-refractivity contribution < 1.29 is 75.1 Å². The van der Waals surface area contributed by atoms with E-state index in [9.17, 15) is 43.1 Å². The van der Waals surface area contributed by atoms with E-state index < -0.39 is 68.0 Å². The molecule has 0 radical (unpaired) electrons. The van der Waals surface area contributed by atoms with E-state index in [4.69, 9.17) is 25.2 Å². The number of ether oxygens (including phenoxy) is 1. The molecule has 1 aliphatic rings. The van der Waals surface area contributed by atoms with Crippen LogP contribution in [0.2, 0.25) is 0 Å². The molecule has 0 aromatic carbocycles. The second kappa shape index (κ2) is 10.0. The maximum absolute atomic E-state index is 12.0. The van der Waals surface area contributed by atoms with Crippen LogP contribution < -0.4 is 11.3 Å². The number of aromatic nitrogens is 4. The lowest BCUT2D eigenvalue weighted by Crippen LogP contribution is -2.33. The van der Waals surface area contributed by atoms with E-state index in [-0.39, 0.29) is 17.1 Å². The molecule has 7 atom stereocenters. The number of phosphoric ester groups is 1. The van der Waals surface area contributed by atoms with Gasteiger partial charge in [0.05, 0.1) is 12.9 Å². The summed E-state index contributed by atoms with van der Waals surface area (Å²) < 4.78 is 66.7. The number of imidazole rings is 1. The number of phosphoric acid groups is 4. The molecule has 0 saturated carbocycles. The standard InChI is InChI=1S/C10H17N5O17P4/c11-10-13-7-4(8(18)14-10)12-2-15(7)9-6(17)5(16)3(29-9)1-28-34(22,23)31-36(26,27)32-35(24,25)30-33(19,20)21/h2-3,5-6,9,16-17H,1H2,(H,22,23)(H,24,25)(H,26,27)(H2,19,20,21)(H3,11,13,14,18)/t3-,5-,6-,9-/m1/s1. The average molecular weight is 603 g/mol. The highest BCUT2D eigenvalue weighted by Crippen LogP contribution is 2.70. The summed E-state index contributed by atoms with van der Waals surface area (Å²) in [6, 6.07) is 0. The third-order valence-corrected chi connectivity index (χ3v) is 9.54. The third-order valence-electron chi connectivity index (χ3n) is 4.09. The van der Waals surface area contributed by atoms with E-state index in [0.29, 0.717) is 0 Å². The Kier molecular flexibility index (Phi) is 8.14. The van der Waals surface area contributed by atoms with Crippen molar-refractivity contribution in [2.24, 2.45) is 0 Å². The second-order valence-corrected chi connectivity index (χ2v) is 12.8. The summed E-state index contributed by atoms with van der Waals surface area (Å²) >= 11 is 0. The first-order valence-corrected chi connectivity index (χ1v) is 14.9. The minimum atomic E-state index is -6.04. The van der Waals surface area contributed by atoms with Crippen LogP contribution in [0, 0.1) is 0 Å². The fourth-order valence-corrected chi connectivity index (χ4v) is 7.30. The highest BCUT2D eigenvalue weighted by atomic mass is 31.3. The minimum Gasteiger partial charge on any atom is -0.387 e. The van der Waals surface area contributed by atoms with Crippen molar-refractivity contribution in [2.75, 3.05) is 12.3 Å². The van der Waals surface area contributed by atoms with Gasteiger partial charge in [-0.15, -0.1) is 0 Å². The topological polar surface area (TPSA) is 346 Å². The minimum absolute atomic E-state index is 0.158. The number of nitrogens with zero attached hydrogens (tertiary/aromatic N) is 3. The number of hydrogen-bond acceptors (Lipinski definition) is 15. The largest absolute Gasteiger partial charge is 0.490 e. The van der Waals surface area contributed by atoms with Gasteiger partial charge in [-0.05, 0) is 0 Å². The van der Waals surface area contributed by atoms with Crippen molar-refractivity contribution in [3.05, 3.63) is 16.7 Å². The normalized spacial score (nSPS) is 28.0. The van der Waals surface area contributed by atoms with Crippen LogP contribution in [0.5, 0.6) is 0 Å². The summed E-state index contributed by atoms with van der Waals surface area (Å²) in [5.74, 6) is -0.310. The number of anilines is 1. The molecular weight excluding hydrogens is 586 g/mol. The van der Waals surface area contributed by atoms with E-state index >= 15 is 0 Å². The molecule has 2 aromatic heterocycles. The molecule has 0 spiro atoms. The van der Waals surface area contributed by atoms with Gasteiger partial charge in [0.15, 0.2) is 17.4 Å². The quantitative estimate of drug-likeness (QED) is 0.130. The molecule has 0 aliphatic carbocycles. The summed E-state index contributed by atoms with van der Waals surface area (Å²) in [6.45, 7) is -1.11. The van der Waals surface area contributed by atoms with Gasteiger partial charge in [-0.25, -0.2) is 23.2 Å². The molecule has 26 heteroatoms. The number of nitrogen functional groups attached to an aromatic ring is 1. The summed E-state index contributed by atoms with van der Waals surface area (Å²) in [5, 5.41) is 20.5. The van der Waals surface area contributed by atoms with Gasteiger partial charge in [-0.2, -0.15) is 17.9 Å². The number of fused-ring (bicyclic) bond motifs is 1. The lowest BCUT2D eigenvalue weighted by molar-refractivity contribution is -0.0503. The van der Waals surface area contributed by atoms with Gasteiger partial charge >= 0.3 is 31.3 Å². The predicted molar refractivity (Wildman–Crippen MR) is 109 cm³/mol. The fraction of sp³-hybridized carbons (Fsp3) is 0.500. The van der Waals surface area contributed by atoms with Crippen molar-refractivity contribution in [1.29, 1.82) is 0 Å². The molecule has 1 aliphatic heterocycles. The smallest absolute Gasteiger partial charge is 0.387 e. The summed E-state index contributed by atoms with van der Waals surface area (Å²) in [6.07, 6.45) is -5.66. The second-order valence-electron chi connectivity index (χ2n) is 6.76. The molecule has 0 amide bonds. The predicted octanol–water partition coefficient (Wildman–Crippen LogP) is -2.22. The number of nitrogens with one attached hydrogen (secondary N) is 1. The molecule has 0 bridgehead atoms. The highest BCUT2D eigenvalue weighted by Gasteiger charge is 2.48. The number of aliphatic hydroxyl groups is 2. The summed E-state index contributed by atoms with van der Waals surface area (Å²) in [4.78, 5) is 66.6. The highest BCUT2D eigenvalue weighted by molar-refractivity contribution is 7.69. The van der Waals surface area contributed by atoms with Crippen LogP contribution in [0.1, 0.15) is 6.23 Å². The van der Waals surface area contributed by atoms with Gasteiger partial charge < -0.3 is 45.2 Å². The van der Waals surface area contributed by atoms with Crippen LogP contribution in [0.15, 0.2) is 11.1 Å². The van der Waals surface area contributed by atoms with E-state index in [1.165, 1.54) is 0 Å². The summed E-state index contributed by atoms with van der Waals surface area (Å²) in [7, 11) is -23.4. The molecule has 3 unspecified atom stereocenters. The van der Waals surface area contributed by atoms with Gasteiger partial charge in [-0.1, -0.05) is 0 Å². The van der Waals surface area contributed by atoms with E-state index in [0.717, 1.165) is 10.9 Å². The molecule has 204 valence electrons. The van der Waals surface area contributed by atoms with E-state index in [1.54, 1.807) is 0 Å². The number of rotatable bonds is 10. The lowest BCUT2D eigenvalue weighted by atomic mass is 10.1. The van der Waals surface area contributed by atoms with Crippen molar-refractivity contribution >= 4 is 48.4 Å². The molecule has 10 N–H and O–H groups in total. The Morgan fingerprint density at radius 1 is 1.00 bits per heavy atom. The van der Waals surface area contributed by atoms with Gasteiger partial charge in [0.25, 0.3) is 5.56 Å². The molecule has 36 heavy (non-hydrogen) atoms. The number of aliphatic hydroxyl groups excluding tert-OH is 2. The lowest BCUT2D eigenvalue weighted by Gasteiger charge is -2.20. The molecular formula is C10H17N5O17P4. The van der Waals surface area contributed by atoms with Crippen LogP contribution in [-0.4, -0.2) is 79.1 Å². The Morgan fingerprint density at radius 2 is 1.58 bits per heavy atom. The molecule has 3 heterocycles. The van der Waals surface area contributed by atoms with Crippen LogP contribution in [0.3, 0.4) is 0 Å². The van der Waals surface area contributed by atoms with Crippen LogP contribution in [-0.2, 0) is 40.5 Å². The summed E-state index contributed by atoms with van der Waals surface area (Å²) in [5.41, 5.74) is 4.38. The zero-order valence-electron chi connectivity index (χ0n) is 17.0. The Balaban J connectivity index is 1.68. The number of nitrogens with two attached hydrogens (primary N) is 1. The van der Waals surface area contributed by atoms with Crippen molar-refractivity contribution in [3.8, 4) is 0 Å². The Morgan fingerprint density at radius 3 is 2.19 bits per heavy atom. The molecule has 3 rings (SSSR count). The monoisotopic (exact) mass is 603 g/mol. The average Bonchev–Trinajstić information content (AvgIpc) is 3.18. The molecule has 22 nitrogen and oxygen atoms in total. The van der Waals surface area contributed by atoms with Gasteiger partial charge in [0, 0.05) is 0 Å². The van der Waals surface area contributed by atoms with Gasteiger partial charge in [-0.3, -0.25) is 18.9 Å². The fourth-order valence-electron chi connectivity index (χ4n) is 2.84. The Labute approximate surface area is 197 Å². The van der Waals surface area contributed by atoms with Gasteiger partial charge in [0.1, 0.15) is 18.3 Å². The number of aromatic amines is 1.